The molecule has 0 fully saturated rings. The van der Waals surface area contributed by atoms with Crippen molar-refractivity contribution in [3.05, 3.63) is 23.8 Å². The molecule has 0 aliphatic carbocycles. The minimum atomic E-state index is 0.168. The summed E-state index contributed by atoms with van der Waals surface area (Å²) in [6, 6.07) is 5.48. The van der Waals surface area contributed by atoms with Crippen LogP contribution in [0.5, 0.6) is 11.5 Å². The molecule has 0 aromatic heterocycles. The van der Waals surface area contributed by atoms with Gasteiger partial charge in [0.25, 0.3) is 0 Å². The van der Waals surface area contributed by atoms with E-state index >= 15 is 0 Å². The first-order valence-corrected chi connectivity index (χ1v) is 7.87. The van der Waals surface area contributed by atoms with Gasteiger partial charge in [0.1, 0.15) is 0 Å². The van der Waals surface area contributed by atoms with E-state index in [4.69, 9.17) is 15.2 Å². The summed E-state index contributed by atoms with van der Waals surface area (Å²) in [6.07, 6.45) is 4.41. The van der Waals surface area contributed by atoms with Gasteiger partial charge in [0.15, 0.2) is 17.3 Å². The van der Waals surface area contributed by atoms with Crippen LogP contribution in [0, 0.1) is 5.92 Å². The summed E-state index contributed by atoms with van der Waals surface area (Å²) in [7, 11) is 0. The molecule has 0 amide bonds. The zero-order chi connectivity index (χ0) is 15.1. The summed E-state index contributed by atoms with van der Waals surface area (Å²) >= 11 is 0. The fourth-order valence-electron chi connectivity index (χ4n) is 2.60. The molecule has 4 nitrogen and oxygen atoms in total. The SMILES string of the molecule is CCC(CCN)CCC(=O)c1ccc2c(c1)OCCCO2. The van der Waals surface area contributed by atoms with Gasteiger partial charge in [0, 0.05) is 18.4 Å². The Bertz CT molecular complexity index is 473. The Labute approximate surface area is 126 Å². The van der Waals surface area contributed by atoms with Crippen LogP contribution in [0.2, 0.25) is 0 Å². The van der Waals surface area contributed by atoms with Crippen molar-refractivity contribution in [3.63, 3.8) is 0 Å². The highest BCUT2D eigenvalue weighted by molar-refractivity contribution is 5.96. The lowest BCUT2D eigenvalue weighted by Crippen LogP contribution is -2.10. The first-order chi connectivity index (χ1) is 10.2. The van der Waals surface area contributed by atoms with Gasteiger partial charge in [0.05, 0.1) is 13.2 Å². The Morgan fingerprint density at radius 2 is 2.00 bits per heavy atom. The van der Waals surface area contributed by atoms with E-state index in [1.807, 2.05) is 18.2 Å². The summed E-state index contributed by atoms with van der Waals surface area (Å²) in [5, 5.41) is 0. The van der Waals surface area contributed by atoms with Gasteiger partial charge in [-0.3, -0.25) is 4.79 Å². The van der Waals surface area contributed by atoms with Gasteiger partial charge in [-0.1, -0.05) is 13.3 Å². The first kappa shape index (κ1) is 15.8. The normalized spacial score (nSPS) is 15.3. The molecule has 2 rings (SSSR count). The van der Waals surface area contributed by atoms with Gasteiger partial charge < -0.3 is 15.2 Å². The summed E-state index contributed by atoms with van der Waals surface area (Å²) in [6.45, 7) is 4.14. The molecule has 0 bridgehead atoms. The second-order valence-electron chi connectivity index (χ2n) is 5.53. The van der Waals surface area contributed by atoms with Crippen LogP contribution < -0.4 is 15.2 Å². The van der Waals surface area contributed by atoms with Gasteiger partial charge >= 0.3 is 0 Å². The van der Waals surface area contributed by atoms with Gasteiger partial charge in [-0.05, 0) is 43.5 Å². The zero-order valence-electron chi connectivity index (χ0n) is 12.8. The summed E-state index contributed by atoms with van der Waals surface area (Å²) < 4.78 is 11.2. The highest BCUT2D eigenvalue weighted by Gasteiger charge is 2.15. The maximum absolute atomic E-state index is 12.3. The third kappa shape index (κ3) is 4.46. The minimum absolute atomic E-state index is 0.168. The third-order valence-corrected chi connectivity index (χ3v) is 4.00. The van der Waals surface area contributed by atoms with E-state index in [9.17, 15) is 4.79 Å². The number of carbonyl (C=O) groups excluding carboxylic acids is 1. The fourth-order valence-corrected chi connectivity index (χ4v) is 2.60. The van der Waals surface area contributed by atoms with E-state index in [2.05, 4.69) is 6.92 Å². The molecule has 1 atom stereocenters. The predicted octanol–water partition coefficient (Wildman–Crippen LogP) is 3.19. The molecule has 1 aliphatic rings. The quantitative estimate of drug-likeness (QED) is 0.784. The number of hydrogen-bond acceptors (Lipinski definition) is 4. The topological polar surface area (TPSA) is 61.6 Å². The van der Waals surface area contributed by atoms with E-state index < -0.39 is 0 Å². The smallest absolute Gasteiger partial charge is 0.163 e. The van der Waals surface area contributed by atoms with Crippen molar-refractivity contribution in [1.29, 1.82) is 0 Å². The van der Waals surface area contributed by atoms with E-state index in [1.54, 1.807) is 0 Å². The van der Waals surface area contributed by atoms with Crippen LogP contribution in [-0.4, -0.2) is 25.5 Å². The lowest BCUT2D eigenvalue weighted by atomic mass is 9.94. The lowest BCUT2D eigenvalue weighted by Gasteiger charge is -2.13. The molecule has 2 N–H and O–H groups in total. The maximum Gasteiger partial charge on any atom is 0.163 e. The first-order valence-electron chi connectivity index (χ1n) is 7.87. The highest BCUT2D eigenvalue weighted by atomic mass is 16.5. The number of nitrogens with two attached hydrogens (primary N) is 1. The number of Topliss-reactive ketones (excluding diaryl/α,β-unsaturated/α-hetero) is 1. The van der Waals surface area contributed by atoms with Crippen LogP contribution in [0.15, 0.2) is 18.2 Å². The lowest BCUT2D eigenvalue weighted by molar-refractivity contribution is 0.0972. The van der Waals surface area contributed by atoms with Crippen LogP contribution in [0.25, 0.3) is 0 Å². The molecule has 4 heteroatoms. The van der Waals surface area contributed by atoms with Crippen molar-refractivity contribution in [2.24, 2.45) is 11.7 Å². The third-order valence-electron chi connectivity index (χ3n) is 4.00. The number of carbonyl (C=O) groups is 1. The zero-order valence-corrected chi connectivity index (χ0v) is 12.8. The Balaban J connectivity index is 1.97. The second-order valence-corrected chi connectivity index (χ2v) is 5.53. The second kappa shape index (κ2) is 8.03. The average Bonchev–Trinajstić information content (AvgIpc) is 2.75. The molecule has 0 radical (unpaired) electrons. The Morgan fingerprint density at radius 1 is 1.24 bits per heavy atom. The van der Waals surface area contributed by atoms with Gasteiger partial charge in [-0.15, -0.1) is 0 Å². The fraction of sp³-hybridized carbons (Fsp3) is 0.588. The molecule has 1 heterocycles. The molecule has 1 aromatic rings. The highest BCUT2D eigenvalue weighted by Crippen LogP contribution is 2.31. The van der Waals surface area contributed by atoms with Gasteiger partial charge in [-0.2, -0.15) is 0 Å². The van der Waals surface area contributed by atoms with Crippen molar-refractivity contribution >= 4 is 5.78 Å². The van der Waals surface area contributed by atoms with Crippen LogP contribution in [0.3, 0.4) is 0 Å². The number of hydrogen-bond donors (Lipinski definition) is 1. The van der Waals surface area contributed by atoms with Crippen molar-refractivity contribution < 1.29 is 14.3 Å². The largest absolute Gasteiger partial charge is 0.490 e. The molecule has 1 aromatic carbocycles. The summed E-state index contributed by atoms with van der Waals surface area (Å²) in [5.41, 5.74) is 6.31. The molecule has 0 saturated carbocycles. The van der Waals surface area contributed by atoms with Crippen molar-refractivity contribution in [2.45, 2.75) is 39.0 Å². The molecular weight excluding hydrogens is 266 g/mol. The van der Waals surface area contributed by atoms with E-state index in [-0.39, 0.29) is 5.78 Å². The molecule has 0 spiro atoms. The van der Waals surface area contributed by atoms with Gasteiger partial charge in [-0.25, -0.2) is 0 Å². The van der Waals surface area contributed by atoms with E-state index in [0.29, 0.717) is 43.4 Å². The average molecular weight is 291 g/mol. The van der Waals surface area contributed by atoms with Crippen LogP contribution in [-0.2, 0) is 0 Å². The summed E-state index contributed by atoms with van der Waals surface area (Å²) in [4.78, 5) is 12.3. The van der Waals surface area contributed by atoms with Crippen molar-refractivity contribution in [1.82, 2.24) is 0 Å². The van der Waals surface area contributed by atoms with Crippen LogP contribution in [0.1, 0.15) is 49.4 Å². The Morgan fingerprint density at radius 3 is 2.71 bits per heavy atom. The summed E-state index contributed by atoms with van der Waals surface area (Å²) in [5.74, 6) is 2.13. The monoisotopic (exact) mass is 291 g/mol. The molecule has 21 heavy (non-hydrogen) atoms. The van der Waals surface area contributed by atoms with Crippen molar-refractivity contribution in [2.75, 3.05) is 19.8 Å². The van der Waals surface area contributed by atoms with Crippen molar-refractivity contribution in [3.8, 4) is 11.5 Å². The van der Waals surface area contributed by atoms with Crippen LogP contribution in [0.4, 0.5) is 0 Å². The Hall–Kier alpha value is -1.55. The standard InChI is InChI=1S/C17H25NO3/c1-2-13(8-9-18)4-6-15(19)14-5-7-16-17(12-14)21-11-3-10-20-16/h5,7,12-13H,2-4,6,8-11,18H2,1H3. The predicted molar refractivity (Wildman–Crippen MR) is 83.1 cm³/mol. The van der Waals surface area contributed by atoms with E-state index in [1.165, 1.54) is 0 Å². The number of ketones is 1. The molecule has 0 saturated heterocycles. The molecular formula is C17H25NO3. The Kier molecular flexibility index (Phi) is 6.05. The van der Waals surface area contributed by atoms with Gasteiger partial charge in [0.2, 0.25) is 0 Å². The number of fused-ring (bicyclic) bond motifs is 1. The van der Waals surface area contributed by atoms with Crippen LogP contribution >= 0.6 is 0 Å². The molecule has 116 valence electrons. The molecule has 1 unspecified atom stereocenters. The number of rotatable bonds is 7. The number of benzene rings is 1. The number of ether oxygens (including phenoxy) is 2. The van der Waals surface area contributed by atoms with E-state index in [0.717, 1.165) is 31.4 Å². The maximum atomic E-state index is 12.3. The minimum Gasteiger partial charge on any atom is -0.490 e. The molecule has 1 aliphatic heterocycles.